The van der Waals surface area contributed by atoms with Crippen molar-refractivity contribution in [1.82, 2.24) is 4.72 Å². The van der Waals surface area contributed by atoms with Crippen molar-refractivity contribution in [2.45, 2.75) is 40.2 Å². The molecular weight excluding hydrogens is 310 g/mol. The molecule has 0 saturated heterocycles. The molecule has 1 N–H and O–H groups in total. The maximum Gasteiger partial charge on any atom is 0.331 e. The van der Waals surface area contributed by atoms with E-state index in [9.17, 15) is 18.0 Å². The molecule has 0 aliphatic heterocycles. The largest absolute Gasteiger partial charge is 0.462 e. The van der Waals surface area contributed by atoms with E-state index in [-0.39, 0.29) is 30.9 Å². The Balaban J connectivity index is 3.86. The zero-order chi connectivity index (χ0) is 17.2. The predicted molar refractivity (Wildman–Crippen MR) is 82.6 cm³/mol. The van der Waals surface area contributed by atoms with E-state index in [1.54, 1.807) is 13.8 Å². The molecule has 0 atom stereocenters. The quantitative estimate of drug-likeness (QED) is 0.363. The van der Waals surface area contributed by atoms with Gasteiger partial charge in [-0.2, -0.15) is 0 Å². The number of carbonyl (C=O) groups excluding carboxylic acids is 2. The highest BCUT2D eigenvalue weighted by Crippen LogP contribution is 1.97. The van der Waals surface area contributed by atoms with Crippen molar-refractivity contribution in [3.05, 3.63) is 12.2 Å². The number of carbonyl (C=O) groups is 2. The second-order valence-electron chi connectivity index (χ2n) is 5.41. The summed E-state index contributed by atoms with van der Waals surface area (Å²) in [6.07, 6.45) is 2.07. The number of nitrogens with one attached hydrogen (secondary N) is 1. The van der Waals surface area contributed by atoms with E-state index in [0.29, 0.717) is 6.42 Å². The molecule has 0 unspecified atom stereocenters. The Kier molecular flexibility index (Phi) is 9.68. The lowest BCUT2D eigenvalue weighted by molar-refractivity contribution is -0.142. The average molecular weight is 335 g/mol. The topological polar surface area (TPSA) is 98.8 Å². The fourth-order valence-corrected chi connectivity index (χ4v) is 2.88. The normalized spacial score (nSPS) is 12.1. The lowest BCUT2D eigenvalue weighted by Crippen LogP contribution is -2.30. The molecular formula is C14H25NO6S. The predicted octanol–water partition coefficient (Wildman–Crippen LogP) is 1.00. The molecule has 22 heavy (non-hydrogen) atoms. The zero-order valence-corrected chi connectivity index (χ0v) is 14.3. The molecule has 0 radical (unpaired) electrons. The maximum atomic E-state index is 11.5. The van der Waals surface area contributed by atoms with E-state index in [2.05, 4.69) is 4.72 Å². The van der Waals surface area contributed by atoms with Crippen LogP contribution in [0, 0.1) is 5.92 Å². The highest BCUT2D eigenvalue weighted by Gasteiger charge is 2.11. The molecule has 7 nitrogen and oxygen atoms in total. The molecule has 0 aromatic rings. The van der Waals surface area contributed by atoms with Gasteiger partial charge in [0.2, 0.25) is 10.0 Å². The Bertz CT molecular complexity index is 482. The van der Waals surface area contributed by atoms with Crippen molar-refractivity contribution in [3.63, 3.8) is 0 Å². The lowest BCUT2D eigenvalue weighted by atomic mass is 10.3. The van der Waals surface area contributed by atoms with Gasteiger partial charge in [0.1, 0.15) is 0 Å². The Labute approximate surface area is 132 Å². The third-order valence-corrected chi connectivity index (χ3v) is 3.90. The van der Waals surface area contributed by atoms with Crippen LogP contribution in [-0.4, -0.2) is 45.4 Å². The summed E-state index contributed by atoms with van der Waals surface area (Å²) in [5.41, 5.74) is 0. The van der Waals surface area contributed by atoms with Crippen LogP contribution in [0.1, 0.15) is 34.1 Å². The van der Waals surface area contributed by atoms with Gasteiger partial charge in [-0.1, -0.05) is 13.8 Å². The maximum absolute atomic E-state index is 11.5. The number of sulfonamides is 1. The van der Waals surface area contributed by atoms with Crippen LogP contribution in [0.3, 0.4) is 0 Å². The summed E-state index contributed by atoms with van der Waals surface area (Å²) >= 11 is 0. The lowest BCUT2D eigenvalue weighted by Gasteiger charge is -2.08. The second kappa shape index (κ2) is 10.3. The first kappa shape index (κ1) is 20.6. The smallest absolute Gasteiger partial charge is 0.331 e. The summed E-state index contributed by atoms with van der Waals surface area (Å²) in [5.74, 6) is -1.18. The molecule has 0 bridgehead atoms. The van der Waals surface area contributed by atoms with E-state index < -0.39 is 22.0 Å². The summed E-state index contributed by atoms with van der Waals surface area (Å²) in [4.78, 5) is 22.4. The summed E-state index contributed by atoms with van der Waals surface area (Å²) in [5, 5.41) is 0. The van der Waals surface area contributed by atoms with Crippen molar-refractivity contribution >= 4 is 22.0 Å². The first-order valence-corrected chi connectivity index (χ1v) is 8.80. The zero-order valence-electron chi connectivity index (χ0n) is 13.5. The van der Waals surface area contributed by atoms with Gasteiger partial charge in [0, 0.05) is 18.7 Å². The third kappa shape index (κ3) is 12.3. The molecule has 0 aromatic carbocycles. The second-order valence-corrected chi connectivity index (χ2v) is 7.26. The van der Waals surface area contributed by atoms with Gasteiger partial charge in [0.05, 0.1) is 18.5 Å². The molecule has 0 amide bonds. The first-order valence-electron chi connectivity index (χ1n) is 7.15. The Morgan fingerprint density at radius 2 is 1.68 bits per heavy atom. The van der Waals surface area contributed by atoms with E-state index >= 15 is 0 Å². The standard InChI is InChI=1S/C14H25NO6S/c1-11(2)10-22(18,19)15-8-5-9-20-13(16)6-7-14(17)21-12(3)4/h6-7,11-12,15H,5,8-10H2,1-4H3/b7-6+. The molecule has 8 heteroatoms. The van der Waals surface area contributed by atoms with Gasteiger partial charge in [-0.05, 0) is 26.2 Å². The van der Waals surface area contributed by atoms with Crippen LogP contribution in [0.5, 0.6) is 0 Å². The molecule has 0 rings (SSSR count). The molecule has 128 valence electrons. The van der Waals surface area contributed by atoms with E-state index in [0.717, 1.165) is 12.2 Å². The van der Waals surface area contributed by atoms with Crippen molar-refractivity contribution in [2.75, 3.05) is 18.9 Å². The van der Waals surface area contributed by atoms with Crippen molar-refractivity contribution in [2.24, 2.45) is 5.92 Å². The minimum absolute atomic E-state index is 0.0473. The summed E-state index contributed by atoms with van der Waals surface area (Å²) < 4.78 is 35.1. The summed E-state index contributed by atoms with van der Waals surface area (Å²) in [6, 6.07) is 0. The third-order valence-electron chi connectivity index (χ3n) is 2.15. The SMILES string of the molecule is CC(C)CS(=O)(=O)NCCCOC(=O)/C=C/C(=O)OC(C)C. The van der Waals surface area contributed by atoms with E-state index in [4.69, 9.17) is 9.47 Å². The van der Waals surface area contributed by atoms with Gasteiger partial charge in [0.25, 0.3) is 0 Å². The van der Waals surface area contributed by atoms with Crippen LogP contribution in [0.25, 0.3) is 0 Å². The van der Waals surface area contributed by atoms with E-state index in [1.807, 2.05) is 13.8 Å². The molecule has 0 aliphatic carbocycles. The van der Waals surface area contributed by atoms with Crippen LogP contribution < -0.4 is 4.72 Å². The van der Waals surface area contributed by atoms with E-state index in [1.165, 1.54) is 0 Å². The Morgan fingerprint density at radius 3 is 2.23 bits per heavy atom. The summed E-state index contributed by atoms with van der Waals surface area (Å²) in [6.45, 7) is 7.29. The monoisotopic (exact) mass is 335 g/mol. The van der Waals surface area contributed by atoms with Crippen LogP contribution in [0.15, 0.2) is 12.2 Å². The minimum atomic E-state index is -3.28. The molecule has 0 fully saturated rings. The Hall–Kier alpha value is -1.41. The van der Waals surface area contributed by atoms with Crippen LogP contribution in [0.2, 0.25) is 0 Å². The van der Waals surface area contributed by atoms with Crippen molar-refractivity contribution in [1.29, 1.82) is 0 Å². The number of rotatable bonds is 10. The molecule has 0 aromatic heterocycles. The van der Waals surface area contributed by atoms with Gasteiger partial charge in [-0.25, -0.2) is 22.7 Å². The fraction of sp³-hybridized carbons (Fsp3) is 0.714. The molecule has 0 heterocycles. The number of ether oxygens (including phenoxy) is 2. The van der Waals surface area contributed by atoms with Gasteiger partial charge in [-0.3, -0.25) is 0 Å². The van der Waals surface area contributed by atoms with Gasteiger partial charge in [-0.15, -0.1) is 0 Å². The number of hydrogen-bond donors (Lipinski definition) is 1. The summed E-state index contributed by atoms with van der Waals surface area (Å²) in [7, 11) is -3.28. The molecule has 0 saturated carbocycles. The fourth-order valence-electron chi connectivity index (χ4n) is 1.43. The van der Waals surface area contributed by atoms with Gasteiger partial charge >= 0.3 is 11.9 Å². The van der Waals surface area contributed by atoms with Gasteiger partial charge < -0.3 is 9.47 Å². The minimum Gasteiger partial charge on any atom is -0.462 e. The highest BCUT2D eigenvalue weighted by molar-refractivity contribution is 7.89. The van der Waals surface area contributed by atoms with Crippen molar-refractivity contribution in [3.8, 4) is 0 Å². The van der Waals surface area contributed by atoms with Crippen LogP contribution in [-0.2, 0) is 29.1 Å². The average Bonchev–Trinajstić information content (AvgIpc) is 2.33. The highest BCUT2D eigenvalue weighted by atomic mass is 32.2. The number of hydrogen-bond acceptors (Lipinski definition) is 6. The molecule has 0 spiro atoms. The molecule has 0 aliphatic rings. The Morgan fingerprint density at radius 1 is 1.09 bits per heavy atom. The van der Waals surface area contributed by atoms with Gasteiger partial charge in [0.15, 0.2) is 0 Å². The van der Waals surface area contributed by atoms with Crippen LogP contribution >= 0.6 is 0 Å². The van der Waals surface area contributed by atoms with Crippen molar-refractivity contribution < 1.29 is 27.5 Å². The number of esters is 2. The first-order chi connectivity index (χ1) is 10.1. The van der Waals surface area contributed by atoms with Crippen LogP contribution in [0.4, 0.5) is 0 Å².